The highest BCUT2D eigenvalue weighted by molar-refractivity contribution is 7.96. The molecule has 3 aromatic carbocycles. The van der Waals surface area contributed by atoms with Crippen molar-refractivity contribution in [3.63, 3.8) is 0 Å². The molecule has 0 amide bonds. The minimum atomic E-state index is -5.01. The first kappa shape index (κ1) is 25.5. The smallest absolute Gasteiger partial charge is 0.340 e. The van der Waals surface area contributed by atoms with Gasteiger partial charge in [0.2, 0.25) is 11.6 Å². The Morgan fingerprint density at radius 1 is 0.895 bits per heavy atom. The van der Waals surface area contributed by atoms with Gasteiger partial charge in [-0.1, -0.05) is 28.4 Å². The van der Waals surface area contributed by atoms with Gasteiger partial charge in [-0.05, 0) is 47.5 Å². The Labute approximate surface area is 212 Å². The Hall–Kier alpha value is -5.62. The van der Waals surface area contributed by atoms with Gasteiger partial charge in [0.15, 0.2) is 5.78 Å². The Bertz CT molecular complexity index is 1780. The molecule has 0 unspecified atom stereocenters. The molecule has 0 bridgehead atoms. The monoisotopic (exact) mass is 532 g/mol. The van der Waals surface area contributed by atoms with Crippen molar-refractivity contribution in [2.24, 2.45) is 10.2 Å². The Balaban J connectivity index is 1.78. The van der Waals surface area contributed by atoms with Crippen LogP contribution in [0, 0.1) is 0 Å². The van der Waals surface area contributed by atoms with Crippen LogP contribution in [0.2, 0.25) is 0 Å². The van der Waals surface area contributed by atoms with E-state index in [1.807, 2.05) is 0 Å². The van der Waals surface area contributed by atoms with Gasteiger partial charge in [0.1, 0.15) is 27.9 Å². The van der Waals surface area contributed by atoms with E-state index in [9.17, 15) is 33.0 Å². The van der Waals surface area contributed by atoms with Gasteiger partial charge < -0.3 is 14.4 Å². The number of carbonyl (C=O) groups is 3. The quantitative estimate of drug-likeness (QED) is 0.110. The normalized spacial score (nSPS) is 12.7. The van der Waals surface area contributed by atoms with E-state index in [1.165, 1.54) is 36.4 Å². The molecule has 0 saturated carbocycles. The Kier molecular flexibility index (Phi) is 6.56. The lowest BCUT2D eigenvalue weighted by atomic mass is 9.92. The molecule has 15 heteroatoms. The van der Waals surface area contributed by atoms with Crippen LogP contribution < -0.4 is 4.18 Å². The van der Waals surface area contributed by atoms with Crippen molar-refractivity contribution in [3.8, 4) is 17.2 Å². The van der Waals surface area contributed by atoms with Crippen molar-refractivity contribution >= 4 is 38.1 Å². The van der Waals surface area contributed by atoms with Gasteiger partial charge in [-0.3, -0.25) is 14.4 Å². The summed E-state index contributed by atoms with van der Waals surface area (Å²) in [5.74, 6) is -4.30. The number of rotatable bonds is 7. The topological polar surface area (TPSA) is 233 Å². The molecular formula is C23H12N6O8S. The lowest BCUT2D eigenvalue weighted by molar-refractivity contribution is -0.111. The third-order valence-corrected chi connectivity index (χ3v) is 6.56. The summed E-state index contributed by atoms with van der Waals surface area (Å²) >= 11 is 0. The molecule has 0 spiro atoms. The molecule has 0 heterocycles. The summed E-state index contributed by atoms with van der Waals surface area (Å²) in [6, 6.07) is 11.5. The van der Waals surface area contributed by atoms with Crippen LogP contribution in [0.15, 0.2) is 76.6 Å². The number of fused-ring (bicyclic) bond motifs is 1. The van der Waals surface area contributed by atoms with Crippen molar-refractivity contribution < 1.29 is 37.2 Å². The van der Waals surface area contributed by atoms with Crippen molar-refractivity contribution in [2.75, 3.05) is 0 Å². The van der Waals surface area contributed by atoms with Crippen molar-refractivity contribution in [1.29, 1.82) is 0 Å². The second-order valence-corrected chi connectivity index (χ2v) is 8.99. The number of Topliss-reactive ketones (excluding diaryl/α,β-unsaturated/α-hetero) is 2. The van der Waals surface area contributed by atoms with Crippen LogP contribution >= 0.6 is 0 Å². The molecule has 0 atom stereocenters. The number of hydrogen-bond donors (Lipinski definition) is 2. The molecule has 0 fully saturated rings. The number of ketones is 3. The van der Waals surface area contributed by atoms with Crippen molar-refractivity contribution in [3.05, 3.63) is 110 Å². The highest BCUT2D eigenvalue weighted by Crippen LogP contribution is 2.41. The second-order valence-electron chi connectivity index (χ2n) is 7.51. The molecule has 0 aromatic heterocycles. The number of benzene rings is 3. The highest BCUT2D eigenvalue weighted by atomic mass is 32.2. The molecule has 3 aromatic rings. The van der Waals surface area contributed by atoms with E-state index in [0.717, 1.165) is 24.3 Å². The third-order valence-electron chi connectivity index (χ3n) is 5.25. The first-order chi connectivity index (χ1) is 18.1. The van der Waals surface area contributed by atoms with E-state index in [-0.39, 0.29) is 28.3 Å². The van der Waals surface area contributed by atoms with Crippen LogP contribution in [-0.4, -0.2) is 36.0 Å². The van der Waals surface area contributed by atoms with E-state index < -0.39 is 54.9 Å². The molecular weight excluding hydrogens is 520 g/mol. The number of carbonyl (C=O) groups excluding carboxylic acids is 3. The average Bonchev–Trinajstić information content (AvgIpc) is 2.87. The van der Waals surface area contributed by atoms with Gasteiger partial charge in [0.05, 0.1) is 5.56 Å². The zero-order chi connectivity index (χ0) is 27.6. The van der Waals surface area contributed by atoms with E-state index in [4.69, 9.17) is 15.2 Å². The van der Waals surface area contributed by atoms with Gasteiger partial charge in [0, 0.05) is 38.3 Å². The van der Waals surface area contributed by atoms with Crippen LogP contribution in [0.4, 0.5) is 5.69 Å². The molecule has 188 valence electrons. The summed E-state index contributed by atoms with van der Waals surface area (Å²) in [6.07, 6.45) is 0. The fraction of sp³-hybridized carbons (Fsp3) is 0. The molecule has 0 saturated heterocycles. The van der Waals surface area contributed by atoms with Gasteiger partial charge in [-0.25, -0.2) is 0 Å². The number of phenolic OH excluding ortho intramolecular Hbond substituents is 2. The van der Waals surface area contributed by atoms with E-state index in [0.29, 0.717) is 0 Å². The van der Waals surface area contributed by atoms with Crippen LogP contribution in [0.1, 0.15) is 31.8 Å². The fourth-order valence-electron chi connectivity index (χ4n) is 3.63. The van der Waals surface area contributed by atoms with E-state index in [1.54, 1.807) is 0 Å². The fourth-order valence-corrected chi connectivity index (χ4v) is 4.91. The summed E-state index contributed by atoms with van der Waals surface area (Å²) in [5, 5.41) is 25.8. The van der Waals surface area contributed by atoms with Gasteiger partial charge in [0.25, 0.3) is 0 Å². The Morgan fingerprint density at radius 3 is 2.21 bits per heavy atom. The van der Waals surface area contributed by atoms with Crippen molar-refractivity contribution in [2.45, 2.75) is 0 Å². The van der Waals surface area contributed by atoms with Crippen LogP contribution in [0.5, 0.6) is 17.2 Å². The molecule has 14 nitrogen and oxygen atoms in total. The van der Waals surface area contributed by atoms with Crippen LogP contribution in [0.3, 0.4) is 0 Å². The van der Waals surface area contributed by atoms with E-state index >= 15 is 0 Å². The average molecular weight is 532 g/mol. The highest BCUT2D eigenvalue weighted by Gasteiger charge is 2.40. The number of nitrogens with zero attached hydrogens (tertiary/aromatic N) is 6. The Morgan fingerprint density at radius 2 is 1.58 bits per heavy atom. The third kappa shape index (κ3) is 4.50. The van der Waals surface area contributed by atoms with E-state index in [2.05, 4.69) is 20.1 Å². The zero-order valence-corrected chi connectivity index (χ0v) is 19.5. The maximum Gasteiger partial charge on any atom is 0.340 e. The number of phenols is 2. The minimum Gasteiger partial charge on any atom is -0.508 e. The zero-order valence-electron chi connectivity index (χ0n) is 18.7. The summed E-state index contributed by atoms with van der Waals surface area (Å²) < 4.78 is 31.8. The van der Waals surface area contributed by atoms with Gasteiger partial charge in [-0.15, -0.1) is 0 Å². The first-order valence-corrected chi connectivity index (χ1v) is 11.7. The first-order valence-electron chi connectivity index (χ1n) is 10.3. The maximum absolute atomic E-state index is 13.3. The van der Waals surface area contributed by atoms with Gasteiger partial charge >= 0.3 is 10.1 Å². The largest absolute Gasteiger partial charge is 0.508 e. The van der Waals surface area contributed by atoms with Crippen molar-refractivity contribution in [1.82, 2.24) is 0 Å². The predicted octanol–water partition coefficient (Wildman–Crippen LogP) is 4.42. The summed E-state index contributed by atoms with van der Waals surface area (Å²) in [4.78, 5) is 41.9. The summed E-state index contributed by atoms with van der Waals surface area (Å²) in [6.45, 7) is 0. The molecule has 38 heavy (non-hydrogen) atoms. The number of aromatic hydroxyl groups is 2. The molecule has 1 aliphatic carbocycles. The molecule has 0 aliphatic heterocycles. The molecule has 0 radical (unpaired) electrons. The molecule has 4 rings (SSSR count). The second kappa shape index (κ2) is 9.79. The maximum atomic E-state index is 13.3. The molecule has 1 aliphatic rings. The van der Waals surface area contributed by atoms with Gasteiger partial charge in [-0.2, -0.15) is 8.42 Å². The standard InChI is InChI=1S/C23H12N6O8S/c24-28-26-16-3-1-2-15-18(16)23(19(27-29-25)22(34)21(15)33)38(35,36)37-13-7-4-11(5-8-13)20(32)14-9-6-12(30)10-17(14)31/h1-10,30-31H. The SMILES string of the molecule is [N-]=[N+]=NC1=C(S(=O)(=O)Oc2ccc(C(=O)c3ccc(O)cc3O)cc2)c2c(N=[N+]=[N-])cccc2C(=O)C1=O. The lowest BCUT2D eigenvalue weighted by Crippen LogP contribution is -2.27. The molecule has 2 N–H and O–H groups in total. The van der Waals surface area contributed by atoms with Crippen LogP contribution in [-0.2, 0) is 14.9 Å². The lowest BCUT2D eigenvalue weighted by Gasteiger charge is -2.21. The number of allylic oxidation sites excluding steroid dienone is 1. The predicted molar refractivity (Wildman–Crippen MR) is 130 cm³/mol. The number of hydrogen-bond acceptors (Lipinski definition) is 10. The van der Waals surface area contributed by atoms with Crippen LogP contribution in [0.25, 0.3) is 25.8 Å². The summed E-state index contributed by atoms with van der Waals surface area (Å²) in [7, 11) is -5.01. The minimum absolute atomic E-state index is 0.0270. The number of azide groups is 2. The summed E-state index contributed by atoms with van der Waals surface area (Å²) in [5.41, 5.74) is 15.4.